The standard InChI is InChI=1S/C28H34N4O2/c1-29-11-3-25(4-12-29)27-7-15-31(16-8-27)19-21-33-23-24-34-22-20-32-17-9-28(10-18-32)26-5-13-30(2)14-6-26/h3-18H,19-24H2,1-2H3/q+4. The lowest BCUT2D eigenvalue weighted by Crippen LogP contribution is -2.36. The Morgan fingerprint density at radius 3 is 1.06 bits per heavy atom. The van der Waals surface area contributed by atoms with Gasteiger partial charge in [0.2, 0.25) is 0 Å². The second-order valence-corrected chi connectivity index (χ2v) is 8.38. The summed E-state index contributed by atoms with van der Waals surface area (Å²) < 4.78 is 19.8. The molecule has 0 aromatic carbocycles. The fraction of sp³-hybridized carbons (Fsp3) is 0.286. The molecule has 0 amide bonds. The Balaban J connectivity index is 1.08. The largest absolute Gasteiger partial charge is 0.372 e. The molecule has 0 aliphatic heterocycles. The average Bonchev–Trinajstić information content (AvgIpc) is 2.87. The molecular weight excluding hydrogens is 424 g/mol. The van der Waals surface area contributed by atoms with Crippen LogP contribution in [0.3, 0.4) is 0 Å². The molecule has 0 unspecified atom stereocenters. The molecule has 4 rings (SSSR count). The van der Waals surface area contributed by atoms with Crippen molar-refractivity contribution in [2.45, 2.75) is 13.1 Å². The summed E-state index contributed by atoms with van der Waals surface area (Å²) in [5.41, 5.74) is 4.87. The predicted molar refractivity (Wildman–Crippen MR) is 128 cm³/mol. The highest BCUT2D eigenvalue weighted by atomic mass is 16.5. The number of pyridine rings is 4. The number of aromatic nitrogens is 4. The lowest BCUT2D eigenvalue weighted by molar-refractivity contribution is -0.699. The minimum absolute atomic E-state index is 0.606. The van der Waals surface area contributed by atoms with E-state index in [2.05, 4.69) is 107 Å². The van der Waals surface area contributed by atoms with Gasteiger partial charge in [-0.15, -0.1) is 0 Å². The molecule has 0 fully saturated rings. The van der Waals surface area contributed by atoms with E-state index in [4.69, 9.17) is 9.47 Å². The van der Waals surface area contributed by atoms with Gasteiger partial charge in [-0.3, -0.25) is 0 Å². The smallest absolute Gasteiger partial charge is 0.171 e. The Morgan fingerprint density at radius 2 is 0.735 bits per heavy atom. The highest BCUT2D eigenvalue weighted by Gasteiger charge is 2.06. The SMILES string of the molecule is C[n+]1ccc(-c2cc[n+](CCOCCOCC[n+]3ccc(-c4cc[n+](C)cc4)cc3)cc2)cc1. The third kappa shape index (κ3) is 7.01. The van der Waals surface area contributed by atoms with Gasteiger partial charge in [-0.25, -0.2) is 18.3 Å². The van der Waals surface area contributed by atoms with Gasteiger partial charge < -0.3 is 9.47 Å². The lowest BCUT2D eigenvalue weighted by atomic mass is 10.1. The summed E-state index contributed by atoms with van der Waals surface area (Å²) in [6.07, 6.45) is 16.6. The van der Waals surface area contributed by atoms with Crippen LogP contribution < -0.4 is 18.3 Å². The van der Waals surface area contributed by atoms with Crippen molar-refractivity contribution in [1.82, 2.24) is 0 Å². The first kappa shape index (κ1) is 23.7. The van der Waals surface area contributed by atoms with E-state index in [0.717, 1.165) is 13.1 Å². The van der Waals surface area contributed by atoms with Crippen LogP contribution in [0.1, 0.15) is 0 Å². The van der Waals surface area contributed by atoms with E-state index in [1.807, 2.05) is 23.2 Å². The van der Waals surface area contributed by atoms with Crippen LogP contribution in [-0.4, -0.2) is 26.4 Å². The number of nitrogens with zero attached hydrogens (tertiary/aromatic N) is 4. The first-order valence-electron chi connectivity index (χ1n) is 11.7. The van der Waals surface area contributed by atoms with E-state index in [1.54, 1.807) is 0 Å². The molecule has 174 valence electrons. The van der Waals surface area contributed by atoms with Crippen molar-refractivity contribution in [3.8, 4) is 22.3 Å². The van der Waals surface area contributed by atoms with Gasteiger partial charge in [-0.1, -0.05) is 0 Å². The van der Waals surface area contributed by atoms with Gasteiger partial charge in [0.15, 0.2) is 62.7 Å². The summed E-state index contributed by atoms with van der Waals surface area (Å²) in [6, 6.07) is 17.1. The summed E-state index contributed by atoms with van der Waals surface area (Å²) in [5, 5.41) is 0. The zero-order valence-corrected chi connectivity index (χ0v) is 20.1. The molecule has 0 spiro atoms. The van der Waals surface area contributed by atoms with E-state index in [1.165, 1.54) is 22.3 Å². The van der Waals surface area contributed by atoms with E-state index in [0.29, 0.717) is 26.4 Å². The monoisotopic (exact) mass is 458 g/mol. The Bertz CT molecular complexity index is 1050. The molecule has 0 atom stereocenters. The molecule has 6 nitrogen and oxygen atoms in total. The molecule has 4 heterocycles. The van der Waals surface area contributed by atoms with E-state index in [9.17, 15) is 0 Å². The van der Waals surface area contributed by atoms with Crippen LogP contribution in [0.25, 0.3) is 22.3 Å². The van der Waals surface area contributed by atoms with Crippen LogP contribution in [0.4, 0.5) is 0 Å². The quantitative estimate of drug-likeness (QED) is 0.254. The van der Waals surface area contributed by atoms with Gasteiger partial charge in [0.05, 0.1) is 13.2 Å². The van der Waals surface area contributed by atoms with Crippen molar-refractivity contribution in [1.29, 1.82) is 0 Å². The van der Waals surface area contributed by atoms with Crippen LogP contribution in [0, 0.1) is 0 Å². The van der Waals surface area contributed by atoms with Crippen molar-refractivity contribution >= 4 is 0 Å². The maximum absolute atomic E-state index is 5.73. The molecule has 0 bridgehead atoms. The zero-order valence-electron chi connectivity index (χ0n) is 20.1. The lowest BCUT2D eigenvalue weighted by Gasteiger charge is -2.04. The highest BCUT2D eigenvalue weighted by molar-refractivity contribution is 5.61. The van der Waals surface area contributed by atoms with Gasteiger partial charge in [0.25, 0.3) is 0 Å². The van der Waals surface area contributed by atoms with E-state index in [-0.39, 0.29) is 0 Å². The molecule has 0 aliphatic carbocycles. The van der Waals surface area contributed by atoms with Crippen LogP contribution in [0.2, 0.25) is 0 Å². The summed E-state index contributed by atoms with van der Waals surface area (Å²) in [5.74, 6) is 0. The molecule has 0 aliphatic rings. The molecule has 34 heavy (non-hydrogen) atoms. The molecule has 0 saturated heterocycles. The van der Waals surface area contributed by atoms with Crippen LogP contribution in [0.15, 0.2) is 98.1 Å². The predicted octanol–water partition coefficient (Wildman–Crippen LogP) is 1.98. The molecule has 0 N–H and O–H groups in total. The molecule has 4 aromatic heterocycles. The summed E-state index contributed by atoms with van der Waals surface area (Å²) in [6.45, 7) is 4.20. The fourth-order valence-electron chi connectivity index (χ4n) is 3.65. The minimum Gasteiger partial charge on any atom is -0.372 e. The third-order valence-corrected chi connectivity index (χ3v) is 5.77. The number of hydrogen-bond acceptors (Lipinski definition) is 2. The molecular formula is C28H34N4O2+4. The van der Waals surface area contributed by atoms with Gasteiger partial charge in [0.1, 0.15) is 27.3 Å². The normalized spacial score (nSPS) is 11.0. The number of aryl methyl sites for hydroxylation is 2. The Hall–Kier alpha value is -3.48. The fourth-order valence-corrected chi connectivity index (χ4v) is 3.65. The van der Waals surface area contributed by atoms with Crippen molar-refractivity contribution in [3.05, 3.63) is 98.1 Å². The maximum Gasteiger partial charge on any atom is 0.171 e. The van der Waals surface area contributed by atoms with Crippen molar-refractivity contribution < 1.29 is 27.7 Å². The molecule has 0 radical (unpaired) electrons. The molecule has 6 heteroatoms. The van der Waals surface area contributed by atoms with E-state index >= 15 is 0 Å². The van der Waals surface area contributed by atoms with Crippen LogP contribution in [0.5, 0.6) is 0 Å². The maximum atomic E-state index is 5.73. The third-order valence-electron chi connectivity index (χ3n) is 5.77. The number of hydrogen-bond donors (Lipinski definition) is 0. The van der Waals surface area contributed by atoms with Gasteiger partial charge in [0, 0.05) is 48.5 Å². The Morgan fingerprint density at radius 1 is 0.441 bits per heavy atom. The average molecular weight is 459 g/mol. The molecule has 4 aromatic rings. The van der Waals surface area contributed by atoms with Crippen LogP contribution >= 0.6 is 0 Å². The second kappa shape index (κ2) is 12.1. The van der Waals surface area contributed by atoms with E-state index < -0.39 is 0 Å². The Labute approximate surface area is 201 Å². The van der Waals surface area contributed by atoms with Crippen molar-refractivity contribution in [2.24, 2.45) is 14.1 Å². The summed E-state index contributed by atoms with van der Waals surface area (Å²) in [7, 11) is 4.05. The van der Waals surface area contributed by atoms with Gasteiger partial charge in [-0.05, 0) is 22.3 Å². The number of ether oxygens (including phenoxy) is 2. The number of rotatable bonds is 11. The van der Waals surface area contributed by atoms with Crippen molar-refractivity contribution in [2.75, 3.05) is 26.4 Å². The summed E-state index contributed by atoms with van der Waals surface area (Å²) in [4.78, 5) is 0. The first-order chi connectivity index (χ1) is 16.7. The van der Waals surface area contributed by atoms with Crippen molar-refractivity contribution in [3.63, 3.8) is 0 Å². The second-order valence-electron chi connectivity index (χ2n) is 8.38. The zero-order chi connectivity index (χ0) is 23.6. The minimum atomic E-state index is 0.606. The topological polar surface area (TPSA) is 34.0 Å². The van der Waals surface area contributed by atoms with Crippen LogP contribution in [-0.2, 0) is 36.7 Å². The molecule has 0 saturated carbocycles. The van der Waals surface area contributed by atoms with Gasteiger partial charge in [-0.2, -0.15) is 0 Å². The highest BCUT2D eigenvalue weighted by Crippen LogP contribution is 2.16. The first-order valence-corrected chi connectivity index (χ1v) is 11.7. The summed E-state index contributed by atoms with van der Waals surface area (Å²) >= 11 is 0. The Kier molecular flexibility index (Phi) is 8.43. The van der Waals surface area contributed by atoms with Gasteiger partial charge >= 0.3 is 0 Å².